The maximum Gasteiger partial charge on any atom is 0.472 e. The summed E-state index contributed by atoms with van der Waals surface area (Å²) < 4.78 is 47.7. The van der Waals surface area contributed by atoms with Crippen LogP contribution < -0.4 is 0 Å². The van der Waals surface area contributed by atoms with E-state index in [1.54, 1.807) is 12.2 Å². The first-order valence-electron chi connectivity index (χ1n) is 22.6. The van der Waals surface area contributed by atoms with Gasteiger partial charge in [0.2, 0.25) is 0 Å². The number of esters is 2. The molecule has 14 nitrogen and oxygen atoms in total. The number of hydrogen-bond acceptors (Lipinski definition) is 11. The van der Waals surface area contributed by atoms with Crippen molar-refractivity contribution >= 4 is 33.4 Å². The lowest BCUT2D eigenvalue weighted by atomic mass is 10.1. The molecular weight excluding hydrogens is 838 g/mol. The molecule has 0 spiro atoms. The first kappa shape index (κ1) is 59.2. The van der Waals surface area contributed by atoms with E-state index in [-0.39, 0.29) is 18.6 Å². The van der Waals surface area contributed by atoms with Gasteiger partial charge < -0.3 is 29.3 Å². The van der Waals surface area contributed by atoms with Crippen LogP contribution in [0.1, 0.15) is 162 Å². The van der Waals surface area contributed by atoms with E-state index in [9.17, 15) is 33.5 Å². The van der Waals surface area contributed by atoms with E-state index in [2.05, 4.69) is 77.6 Å². The van der Waals surface area contributed by atoms with Crippen LogP contribution in [0.5, 0.6) is 0 Å². The van der Waals surface area contributed by atoms with Crippen LogP contribution >= 0.6 is 15.6 Å². The Kier molecular flexibility index (Phi) is 39.1. The van der Waals surface area contributed by atoms with E-state index in [1.165, 1.54) is 32.1 Å². The summed E-state index contributed by atoms with van der Waals surface area (Å²) in [7, 11) is -9.73. The van der Waals surface area contributed by atoms with Crippen molar-refractivity contribution in [3.63, 3.8) is 0 Å². The number of ether oxygens (including phenoxy) is 2. The Labute approximate surface area is 371 Å². The minimum Gasteiger partial charge on any atom is -0.462 e. The maximum atomic E-state index is 12.7. The van der Waals surface area contributed by atoms with Crippen LogP contribution in [0.4, 0.5) is 0 Å². The van der Waals surface area contributed by atoms with Crippen LogP contribution in [0.2, 0.25) is 0 Å². The molecule has 0 aliphatic heterocycles. The Morgan fingerprint density at radius 1 is 0.516 bits per heavy atom. The summed E-state index contributed by atoms with van der Waals surface area (Å²) in [5.41, 5.74) is 0. The average molecular weight is 917 g/mol. The highest BCUT2D eigenvalue weighted by Gasteiger charge is 2.28. The van der Waals surface area contributed by atoms with Gasteiger partial charge in [-0.15, -0.1) is 0 Å². The zero-order chi connectivity index (χ0) is 46.0. The number of rotatable bonds is 42. The second-order valence-electron chi connectivity index (χ2n) is 15.0. The Morgan fingerprint density at radius 3 is 1.56 bits per heavy atom. The van der Waals surface area contributed by atoms with Gasteiger partial charge in [0.25, 0.3) is 0 Å². The van der Waals surface area contributed by atoms with Crippen molar-refractivity contribution in [1.82, 2.24) is 0 Å². The Morgan fingerprint density at radius 2 is 0.984 bits per heavy atom. The van der Waals surface area contributed by atoms with E-state index in [4.69, 9.17) is 23.8 Å². The Balaban J connectivity index is 4.65. The van der Waals surface area contributed by atoms with Gasteiger partial charge in [-0.1, -0.05) is 132 Å². The summed E-state index contributed by atoms with van der Waals surface area (Å²) >= 11 is 0. The fourth-order valence-corrected chi connectivity index (χ4v) is 6.70. The molecule has 0 rings (SSSR count). The molecule has 0 aliphatic rings. The van der Waals surface area contributed by atoms with Crippen LogP contribution in [0.15, 0.2) is 72.9 Å². The van der Waals surface area contributed by atoms with Crippen LogP contribution in [0, 0.1) is 0 Å². The molecule has 16 heteroatoms. The second-order valence-corrected chi connectivity index (χ2v) is 17.7. The highest BCUT2D eigenvalue weighted by Crippen LogP contribution is 2.43. The number of ketones is 1. The van der Waals surface area contributed by atoms with Crippen LogP contribution in [0.25, 0.3) is 0 Å². The SMILES string of the molecule is CCCCC/C=C\C=C\C(=O)CCCCCCCC(=O)OC[C@H](COP(=O)(O)OC[C@@H](O)COP(=O)(O)O)OC(=O)CCCCC/C=C\C/C=C\C/C=C\C/C=C\CCCCC. The normalized spacial score (nSPS) is 14.5. The van der Waals surface area contributed by atoms with E-state index in [0.717, 1.165) is 83.5 Å². The third kappa shape index (κ3) is 43.9. The molecule has 0 saturated carbocycles. The maximum absolute atomic E-state index is 12.7. The minimum absolute atomic E-state index is 0.0656. The Bertz CT molecular complexity index is 1430. The van der Waals surface area contributed by atoms with E-state index < -0.39 is 66.2 Å². The molecule has 1 unspecified atom stereocenters. The summed E-state index contributed by atoms with van der Waals surface area (Å²) in [6.45, 7) is 1.50. The summed E-state index contributed by atoms with van der Waals surface area (Å²) in [5, 5.41) is 9.75. The van der Waals surface area contributed by atoms with Gasteiger partial charge in [0.1, 0.15) is 12.7 Å². The summed E-state index contributed by atoms with van der Waals surface area (Å²) in [4.78, 5) is 64.8. The number of allylic oxidation sites excluding steroid dienone is 12. The van der Waals surface area contributed by atoms with Crippen molar-refractivity contribution in [2.24, 2.45) is 0 Å². The molecule has 356 valence electrons. The average Bonchev–Trinajstić information content (AvgIpc) is 3.23. The van der Waals surface area contributed by atoms with Gasteiger partial charge in [-0.3, -0.25) is 28.0 Å². The second kappa shape index (κ2) is 41.0. The summed E-state index contributed by atoms with van der Waals surface area (Å²) in [5.74, 6) is -1.08. The fourth-order valence-electron chi connectivity index (χ4n) is 5.55. The third-order valence-corrected chi connectivity index (χ3v) is 10.5. The van der Waals surface area contributed by atoms with Crippen LogP contribution in [-0.4, -0.2) is 76.1 Å². The van der Waals surface area contributed by atoms with E-state index >= 15 is 0 Å². The predicted octanol–water partition coefficient (Wildman–Crippen LogP) is 11.0. The highest BCUT2D eigenvalue weighted by molar-refractivity contribution is 7.47. The fraction of sp³-hybridized carbons (Fsp3) is 0.674. The lowest BCUT2D eigenvalue weighted by Crippen LogP contribution is -2.30. The molecule has 0 aromatic rings. The molecule has 0 heterocycles. The standard InChI is InChI=1S/C46H78O14P2/c1-3-5-7-9-11-12-13-14-15-16-17-18-19-20-21-22-24-28-33-37-46(50)60-44(41-59-62(54,55)58-39-43(48)38-57-61(51,52)53)40-56-45(49)36-32-29-25-27-31-35-42(47)34-30-26-23-10-8-6-4-2/h11-12,14-15,17-18,20-21,23,26,30,34,43-44,48H,3-10,13,16,19,22,24-25,27-29,31-33,35-41H2,1-2H3,(H,54,55)(H2,51,52,53)/b12-11-,15-14-,18-17-,21-20-,26-23-,34-30+/t43-,44+/m0/s1. The molecule has 0 aromatic heterocycles. The van der Waals surface area contributed by atoms with Crippen molar-refractivity contribution in [1.29, 1.82) is 0 Å². The number of aliphatic hydroxyl groups is 1. The zero-order valence-corrected chi connectivity index (χ0v) is 39.2. The molecule has 62 heavy (non-hydrogen) atoms. The number of aliphatic hydroxyl groups excluding tert-OH is 1. The number of phosphoric acid groups is 2. The molecule has 3 atom stereocenters. The van der Waals surface area contributed by atoms with Crippen molar-refractivity contribution < 1.29 is 66.3 Å². The minimum atomic E-state index is -4.88. The lowest BCUT2D eigenvalue weighted by Gasteiger charge is -2.20. The van der Waals surface area contributed by atoms with Crippen molar-refractivity contribution in [3.8, 4) is 0 Å². The van der Waals surface area contributed by atoms with E-state index in [1.807, 2.05) is 6.08 Å². The van der Waals surface area contributed by atoms with Gasteiger partial charge in [-0.05, 0) is 83.1 Å². The van der Waals surface area contributed by atoms with Crippen LogP contribution in [0.3, 0.4) is 0 Å². The third-order valence-electron chi connectivity index (χ3n) is 9.03. The van der Waals surface area contributed by atoms with Crippen molar-refractivity contribution in [2.45, 2.75) is 174 Å². The molecule has 0 saturated heterocycles. The summed E-state index contributed by atoms with van der Waals surface area (Å²) in [6.07, 6.45) is 41.4. The predicted molar refractivity (Wildman–Crippen MR) is 244 cm³/mol. The number of carbonyl (C=O) groups excluding carboxylic acids is 3. The van der Waals surface area contributed by atoms with Gasteiger partial charge in [0, 0.05) is 19.3 Å². The molecule has 0 radical (unpaired) electrons. The number of carbonyl (C=O) groups is 3. The molecule has 0 aliphatic carbocycles. The molecular formula is C46H78O14P2. The van der Waals surface area contributed by atoms with Crippen LogP contribution in [-0.2, 0) is 46.6 Å². The Hall–Kier alpha value is -2.77. The number of phosphoric ester groups is 2. The quantitative estimate of drug-likeness (QED) is 0.0112. The molecule has 4 N–H and O–H groups in total. The topological polar surface area (TPSA) is 212 Å². The number of unbranched alkanes of at least 4 members (excludes halogenated alkanes) is 13. The largest absolute Gasteiger partial charge is 0.472 e. The number of hydrogen-bond donors (Lipinski definition) is 4. The van der Waals surface area contributed by atoms with Gasteiger partial charge in [0.15, 0.2) is 11.9 Å². The van der Waals surface area contributed by atoms with Crippen molar-refractivity contribution in [3.05, 3.63) is 72.9 Å². The molecule has 0 bridgehead atoms. The van der Waals surface area contributed by atoms with Gasteiger partial charge >= 0.3 is 27.6 Å². The summed E-state index contributed by atoms with van der Waals surface area (Å²) in [6, 6.07) is 0. The van der Waals surface area contributed by atoms with Crippen molar-refractivity contribution in [2.75, 3.05) is 26.4 Å². The van der Waals surface area contributed by atoms with Gasteiger partial charge in [-0.25, -0.2) is 9.13 Å². The first-order valence-corrected chi connectivity index (χ1v) is 25.6. The molecule has 0 aromatic carbocycles. The monoisotopic (exact) mass is 916 g/mol. The lowest BCUT2D eigenvalue weighted by molar-refractivity contribution is -0.161. The zero-order valence-electron chi connectivity index (χ0n) is 37.4. The molecule has 0 fully saturated rings. The first-order chi connectivity index (χ1) is 29.8. The molecule has 0 amide bonds. The smallest absolute Gasteiger partial charge is 0.462 e. The van der Waals surface area contributed by atoms with Gasteiger partial charge in [0.05, 0.1) is 19.8 Å². The van der Waals surface area contributed by atoms with Gasteiger partial charge in [-0.2, -0.15) is 0 Å². The highest BCUT2D eigenvalue weighted by atomic mass is 31.2. The van der Waals surface area contributed by atoms with E-state index in [0.29, 0.717) is 19.3 Å².